The Hall–Kier alpha value is -2.44. The van der Waals surface area contributed by atoms with E-state index in [1.165, 1.54) is 14.2 Å². The molecule has 1 heterocycles. The van der Waals surface area contributed by atoms with E-state index in [2.05, 4.69) is 22.2 Å². The number of anilines is 2. The summed E-state index contributed by atoms with van der Waals surface area (Å²) in [6.45, 7) is 3.87. The molecule has 6 nitrogen and oxygen atoms in total. The smallest absolute Gasteiger partial charge is 0.263 e. The number of carbonyl (C=O) groups is 1. The van der Waals surface area contributed by atoms with Crippen LogP contribution in [0.1, 0.15) is 10.4 Å². The molecule has 0 unspecified atom stereocenters. The van der Waals surface area contributed by atoms with Gasteiger partial charge >= 0.3 is 0 Å². The third kappa shape index (κ3) is 4.28. The molecule has 2 aromatic rings. The third-order valence-electron chi connectivity index (χ3n) is 4.70. The molecule has 3 rings (SSSR count). The standard InChI is InChI=1S/C20H24ClN3O3/c1-23-9-11-24(12-10-23)16-8-7-14(13-15(16)21)22-20(25)19-17(26-2)5-4-6-18(19)27-3/h4-8,13H,9-12H2,1-3H3,(H,22,25). The van der Waals surface area contributed by atoms with Crippen molar-refractivity contribution in [3.63, 3.8) is 0 Å². The van der Waals surface area contributed by atoms with Gasteiger partial charge in [0, 0.05) is 31.9 Å². The lowest BCUT2D eigenvalue weighted by molar-refractivity contribution is 0.102. The quantitative estimate of drug-likeness (QED) is 0.849. The van der Waals surface area contributed by atoms with Gasteiger partial charge in [0.05, 0.1) is 24.9 Å². The molecule has 1 amide bonds. The van der Waals surface area contributed by atoms with Crippen LogP contribution in [0.2, 0.25) is 5.02 Å². The van der Waals surface area contributed by atoms with E-state index < -0.39 is 0 Å². The first kappa shape index (κ1) is 19.3. The largest absolute Gasteiger partial charge is 0.496 e. The minimum Gasteiger partial charge on any atom is -0.496 e. The Labute approximate surface area is 164 Å². The second-order valence-corrected chi connectivity index (χ2v) is 6.86. The highest BCUT2D eigenvalue weighted by atomic mass is 35.5. The van der Waals surface area contributed by atoms with Gasteiger partial charge in [0.2, 0.25) is 0 Å². The average Bonchev–Trinajstić information content (AvgIpc) is 2.68. The van der Waals surface area contributed by atoms with Crippen molar-refractivity contribution in [1.29, 1.82) is 0 Å². The van der Waals surface area contributed by atoms with Gasteiger partial charge in [-0.1, -0.05) is 17.7 Å². The summed E-state index contributed by atoms with van der Waals surface area (Å²) >= 11 is 6.49. The highest BCUT2D eigenvalue weighted by molar-refractivity contribution is 6.33. The number of ether oxygens (including phenoxy) is 2. The van der Waals surface area contributed by atoms with Gasteiger partial charge in [0.25, 0.3) is 5.91 Å². The van der Waals surface area contributed by atoms with Crippen LogP contribution in [0.4, 0.5) is 11.4 Å². The van der Waals surface area contributed by atoms with E-state index in [1.807, 2.05) is 12.1 Å². The number of piperazine rings is 1. The Morgan fingerprint density at radius 2 is 1.67 bits per heavy atom. The molecule has 0 atom stereocenters. The van der Waals surface area contributed by atoms with Crippen molar-refractivity contribution in [2.45, 2.75) is 0 Å². The fourth-order valence-corrected chi connectivity index (χ4v) is 3.46. The lowest BCUT2D eigenvalue weighted by Gasteiger charge is -2.34. The maximum Gasteiger partial charge on any atom is 0.263 e. The molecule has 1 aliphatic rings. The zero-order valence-electron chi connectivity index (χ0n) is 15.8. The predicted molar refractivity (Wildman–Crippen MR) is 109 cm³/mol. The van der Waals surface area contributed by atoms with Crippen LogP contribution in [0.25, 0.3) is 0 Å². The van der Waals surface area contributed by atoms with Crippen LogP contribution in [-0.4, -0.2) is 58.3 Å². The molecule has 1 fully saturated rings. The molecule has 1 saturated heterocycles. The lowest BCUT2D eigenvalue weighted by atomic mass is 10.1. The number of nitrogens with zero attached hydrogens (tertiary/aromatic N) is 2. The van der Waals surface area contributed by atoms with Gasteiger partial charge in [0.1, 0.15) is 17.1 Å². The molecule has 27 heavy (non-hydrogen) atoms. The number of carbonyl (C=O) groups excluding carboxylic acids is 1. The van der Waals surface area contributed by atoms with E-state index >= 15 is 0 Å². The minimum absolute atomic E-state index is 0.312. The Morgan fingerprint density at radius 3 is 2.22 bits per heavy atom. The van der Waals surface area contributed by atoms with Gasteiger partial charge in [-0.2, -0.15) is 0 Å². The number of benzene rings is 2. The third-order valence-corrected chi connectivity index (χ3v) is 5.01. The first-order valence-electron chi connectivity index (χ1n) is 8.79. The monoisotopic (exact) mass is 389 g/mol. The van der Waals surface area contributed by atoms with E-state index in [4.69, 9.17) is 21.1 Å². The Bertz CT molecular complexity index is 798. The fraction of sp³-hybridized carbons (Fsp3) is 0.350. The van der Waals surface area contributed by atoms with Gasteiger partial charge < -0.3 is 24.6 Å². The predicted octanol–water partition coefficient (Wildman–Crippen LogP) is 3.36. The zero-order valence-corrected chi connectivity index (χ0v) is 16.5. The summed E-state index contributed by atoms with van der Waals surface area (Å²) < 4.78 is 10.6. The van der Waals surface area contributed by atoms with Crippen molar-refractivity contribution in [3.8, 4) is 11.5 Å². The summed E-state index contributed by atoms with van der Waals surface area (Å²) in [6, 6.07) is 10.8. The van der Waals surface area contributed by atoms with Crippen LogP contribution in [0.5, 0.6) is 11.5 Å². The minimum atomic E-state index is -0.312. The van der Waals surface area contributed by atoms with E-state index in [9.17, 15) is 4.79 Å². The maximum absolute atomic E-state index is 12.8. The number of rotatable bonds is 5. The van der Waals surface area contributed by atoms with E-state index in [1.54, 1.807) is 24.3 Å². The van der Waals surface area contributed by atoms with Crippen LogP contribution in [0, 0.1) is 0 Å². The number of nitrogens with one attached hydrogen (secondary N) is 1. The van der Waals surface area contributed by atoms with Crippen LogP contribution in [0.15, 0.2) is 36.4 Å². The molecule has 0 aromatic heterocycles. The van der Waals surface area contributed by atoms with Crippen LogP contribution < -0.4 is 19.7 Å². The molecular formula is C20H24ClN3O3. The van der Waals surface area contributed by atoms with Crippen LogP contribution in [-0.2, 0) is 0 Å². The van der Waals surface area contributed by atoms with Crippen LogP contribution in [0.3, 0.4) is 0 Å². The summed E-state index contributed by atoms with van der Waals surface area (Å²) in [5.74, 6) is 0.590. The highest BCUT2D eigenvalue weighted by Gasteiger charge is 2.20. The van der Waals surface area contributed by atoms with E-state index in [0.29, 0.717) is 27.8 Å². The van der Waals surface area contributed by atoms with Crippen molar-refractivity contribution in [3.05, 3.63) is 47.0 Å². The number of hydrogen-bond acceptors (Lipinski definition) is 5. The number of methoxy groups -OCH3 is 2. The molecule has 1 aliphatic heterocycles. The van der Waals surface area contributed by atoms with Crippen molar-refractivity contribution in [2.75, 3.05) is 57.7 Å². The summed E-state index contributed by atoms with van der Waals surface area (Å²) in [5, 5.41) is 3.49. The fourth-order valence-electron chi connectivity index (χ4n) is 3.16. The maximum atomic E-state index is 12.8. The Morgan fingerprint density at radius 1 is 1.04 bits per heavy atom. The molecule has 0 saturated carbocycles. The molecule has 0 aliphatic carbocycles. The summed E-state index contributed by atoms with van der Waals surface area (Å²) in [6.07, 6.45) is 0. The van der Waals surface area contributed by atoms with Crippen molar-refractivity contribution in [2.24, 2.45) is 0 Å². The van der Waals surface area contributed by atoms with Gasteiger partial charge in [-0.25, -0.2) is 0 Å². The number of hydrogen-bond donors (Lipinski definition) is 1. The molecule has 0 spiro atoms. The Kier molecular flexibility index (Phi) is 6.08. The molecule has 144 valence electrons. The SMILES string of the molecule is COc1cccc(OC)c1C(=O)Nc1ccc(N2CCN(C)CC2)c(Cl)c1. The molecule has 7 heteroatoms. The second-order valence-electron chi connectivity index (χ2n) is 6.45. The van der Waals surface area contributed by atoms with Crippen molar-refractivity contribution < 1.29 is 14.3 Å². The highest BCUT2D eigenvalue weighted by Crippen LogP contribution is 2.32. The zero-order chi connectivity index (χ0) is 19.4. The first-order valence-corrected chi connectivity index (χ1v) is 9.16. The topological polar surface area (TPSA) is 54.0 Å². The number of amides is 1. The van der Waals surface area contributed by atoms with Gasteiger partial charge in [-0.15, -0.1) is 0 Å². The van der Waals surface area contributed by atoms with E-state index in [0.717, 1.165) is 31.9 Å². The van der Waals surface area contributed by atoms with Crippen molar-refractivity contribution in [1.82, 2.24) is 4.90 Å². The van der Waals surface area contributed by atoms with Gasteiger partial charge in [-0.3, -0.25) is 4.79 Å². The van der Waals surface area contributed by atoms with Crippen LogP contribution >= 0.6 is 11.6 Å². The number of halogens is 1. The van der Waals surface area contributed by atoms with E-state index in [-0.39, 0.29) is 5.91 Å². The van der Waals surface area contributed by atoms with Gasteiger partial charge in [0.15, 0.2) is 0 Å². The first-order chi connectivity index (χ1) is 13.0. The van der Waals surface area contributed by atoms with Gasteiger partial charge in [-0.05, 0) is 37.4 Å². The molecular weight excluding hydrogens is 366 g/mol. The summed E-state index contributed by atoms with van der Waals surface area (Å²) in [5.41, 5.74) is 1.95. The molecule has 0 radical (unpaired) electrons. The second kappa shape index (κ2) is 8.50. The lowest BCUT2D eigenvalue weighted by Crippen LogP contribution is -2.44. The molecule has 1 N–H and O–H groups in total. The number of likely N-dealkylation sites (N-methyl/N-ethyl adjacent to an activating group) is 1. The summed E-state index contributed by atoms with van der Waals surface area (Å²) in [4.78, 5) is 17.3. The normalized spacial score (nSPS) is 14.7. The molecule has 0 bridgehead atoms. The average molecular weight is 390 g/mol. The summed E-state index contributed by atoms with van der Waals surface area (Å²) in [7, 11) is 5.16. The Balaban J connectivity index is 1.79. The molecule has 2 aromatic carbocycles. The van der Waals surface area contributed by atoms with Crippen molar-refractivity contribution >= 4 is 28.9 Å².